The number of rotatable bonds is 2. The van der Waals surface area contributed by atoms with Crippen molar-refractivity contribution in [3.63, 3.8) is 0 Å². The van der Waals surface area contributed by atoms with Crippen molar-refractivity contribution in [3.8, 4) is 0 Å². The normalized spacial score (nSPS) is 19.8. The summed E-state index contributed by atoms with van der Waals surface area (Å²) in [5.41, 5.74) is -0.0598. The molecule has 100 valence electrons. The number of piperidine rings is 1. The predicted octanol–water partition coefficient (Wildman–Crippen LogP) is 1.88. The lowest BCUT2D eigenvalue weighted by atomic mass is 10.0. The van der Waals surface area contributed by atoms with E-state index in [2.05, 4.69) is 9.88 Å². The van der Waals surface area contributed by atoms with Crippen LogP contribution in [0.2, 0.25) is 0 Å². The lowest BCUT2D eigenvalue weighted by Crippen LogP contribution is -2.42. The first-order chi connectivity index (χ1) is 9.29. The second-order valence-electron chi connectivity index (χ2n) is 5.10. The van der Waals surface area contributed by atoms with Crippen LogP contribution < -0.4 is 10.5 Å². The van der Waals surface area contributed by atoms with E-state index in [1.54, 1.807) is 0 Å². The Hall–Kier alpha value is -1.81. The van der Waals surface area contributed by atoms with Gasteiger partial charge in [-0.25, -0.2) is 0 Å². The van der Waals surface area contributed by atoms with Crippen LogP contribution in [-0.2, 0) is 0 Å². The van der Waals surface area contributed by atoms with Gasteiger partial charge in [-0.2, -0.15) is 0 Å². The van der Waals surface area contributed by atoms with Gasteiger partial charge in [0.1, 0.15) is 5.82 Å². The van der Waals surface area contributed by atoms with Gasteiger partial charge in [0, 0.05) is 11.9 Å². The third kappa shape index (κ3) is 2.24. The van der Waals surface area contributed by atoms with Crippen LogP contribution in [0.3, 0.4) is 0 Å². The maximum absolute atomic E-state index is 12.1. The monoisotopic (exact) mass is 258 g/mol. The molecule has 1 atom stereocenters. The number of hydrogen-bond donors (Lipinski definition) is 2. The molecule has 0 radical (unpaired) electrons. The second-order valence-corrected chi connectivity index (χ2v) is 5.10. The van der Waals surface area contributed by atoms with Crippen molar-refractivity contribution >= 4 is 16.6 Å². The highest BCUT2D eigenvalue weighted by molar-refractivity contribution is 5.83. The van der Waals surface area contributed by atoms with Crippen LogP contribution in [0, 0.1) is 0 Å². The summed E-state index contributed by atoms with van der Waals surface area (Å²) in [5, 5.41) is 11.1. The van der Waals surface area contributed by atoms with Gasteiger partial charge < -0.3 is 15.0 Å². The number of aromatic nitrogens is 1. The first-order valence-corrected chi connectivity index (χ1v) is 6.79. The molecule has 4 heteroatoms. The van der Waals surface area contributed by atoms with E-state index in [1.807, 2.05) is 30.3 Å². The highest BCUT2D eigenvalue weighted by Crippen LogP contribution is 2.24. The number of H-pyrrole nitrogens is 1. The van der Waals surface area contributed by atoms with Crippen LogP contribution in [0.5, 0.6) is 0 Å². The third-order valence-corrected chi connectivity index (χ3v) is 3.89. The van der Waals surface area contributed by atoms with E-state index >= 15 is 0 Å². The first-order valence-electron chi connectivity index (χ1n) is 6.79. The molecule has 1 unspecified atom stereocenters. The fourth-order valence-electron chi connectivity index (χ4n) is 2.86. The number of benzene rings is 1. The largest absolute Gasteiger partial charge is 0.394 e. The summed E-state index contributed by atoms with van der Waals surface area (Å²) in [6.45, 7) is 1.02. The summed E-state index contributed by atoms with van der Waals surface area (Å²) in [4.78, 5) is 17.2. The van der Waals surface area contributed by atoms with Gasteiger partial charge in [0.15, 0.2) is 0 Å². The number of anilines is 1. The molecule has 1 saturated heterocycles. The zero-order valence-corrected chi connectivity index (χ0v) is 10.8. The maximum Gasteiger partial charge on any atom is 0.257 e. The van der Waals surface area contributed by atoms with Gasteiger partial charge in [-0.15, -0.1) is 0 Å². The van der Waals surface area contributed by atoms with Crippen LogP contribution in [0.15, 0.2) is 35.1 Å². The average Bonchev–Trinajstić information content (AvgIpc) is 2.47. The van der Waals surface area contributed by atoms with Gasteiger partial charge in [0.25, 0.3) is 5.56 Å². The van der Waals surface area contributed by atoms with Crippen LogP contribution in [0.25, 0.3) is 10.8 Å². The summed E-state index contributed by atoms with van der Waals surface area (Å²) >= 11 is 0. The predicted molar refractivity (Wildman–Crippen MR) is 76.6 cm³/mol. The molecule has 0 saturated carbocycles. The number of fused-ring (bicyclic) bond motifs is 1. The second kappa shape index (κ2) is 5.05. The van der Waals surface area contributed by atoms with Gasteiger partial charge in [-0.05, 0) is 36.8 Å². The van der Waals surface area contributed by atoms with Crippen LogP contribution in [-0.4, -0.2) is 29.3 Å². The minimum atomic E-state index is -0.0598. The van der Waals surface area contributed by atoms with Gasteiger partial charge in [-0.3, -0.25) is 4.79 Å². The van der Waals surface area contributed by atoms with Crippen LogP contribution in [0.1, 0.15) is 19.3 Å². The molecular formula is C15H18N2O2. The minimum absolute atomic E-state index is 0.0598. The molecule has 2 heterocycles. The molecule has 0 bridgehead atoms. The minimum Gasteiger partial charge on any atom is -0.394 e. The Morgan fingerprint density at radius 3 is 3.00 bits per heavy atom. The van der Waals surface area contributed by atoms with Crippen LogP contribution >= 0.6 is 0 Å². The molecule has 1 aromatic carbocycles. The molecule has 4 nitrogen and oxygen atoms in total. The fourth-order valence-corrected chi connectivity index (χ4v) is 2.86. The van der Waals surface area contributed by atoms with Crippen molar-refractivity contribution < 1.29 is 5.11 Å². The standard InChI is InChI=1S/C15H18N2O2/c18-10-12-6-3-4-8-17(12)14-9-11-5-1-2-7-13(11)15(19)16-14/h1-2,5,7,9,12,18H,3-4,6,8,10H2,(H,16,19). The van der Waals surface area contributed by atoms with Gasteiger partial charge in [0.05, 0.1) is 12.6 Å². The third-order valence-electron chi connectivity index (χ3n) is 3.89. The maximum atomic E-state index is 12.1. The molecule has 0 aliphatic carbocycles. The highest BCUT2D eigenvalue weighted by Gasteiger charge is 2.22. The summed E-state index contributed by atoms with van der Waals surface area (Å²) in [7, 11) is 0. The van der Waals surface area contributed by atoms with Gasteiger partial charge in [0.2, 0.25) is 0 Å². The van der Waals surface area contributed by atoms with Gasteiger partial charge >= 0.3 is 0 Å². The number of hydrogen-bond acceptors (Lipinski definition) is 3. The van der Waals surface area contributed by atoms with Crippen molar-refractivity contribution in [2.24, 2.45) is 0 Å². The molecule has 0 spiro atoms. The SMILES string of the molecule is O=c1[nH]c(N2CCCCC2CO)cc2ccccc12. The molecule has 19 heavy (non-hydrogen) atoms. The van der Waals surface area contributed by atoms with Crippen molar-refractivity contribution in [1.82, 2.24) is 4.98 Å². The van der Waals surface area contributed by atoms with Crippen molar-refractivity contribution in [1.29, 1.82) is 0 Å². The first kappa shape index (κ1) is 12.2. The number of aliphatic hydroxyl groups excluding tert-OH is 1. The van der Waals surface area contributed by atoms with Crippen LogP contribution in [0.4, 0.5) is 5.82 Å². The summed E-state index contributed by atoms with van der Waals surface area (Å²) in [6, 6.07) is 9.71. The molecule has 1 aliphatic heterocycles. The Morgan fingerprint density at radius 2 is 2.16 bits per heavy atom. The molecule has 1 fully saturated rings. The Labute approximate surface area is 111 Å². The number of aliphatic hydroxyl groups is 1. The molecule has 3 rings (SSSR count). The average molecular weight is 258 g/mol. The van der Waals surface area contributed by atoms with E-state index in [9.17, 15) is 9.90 Å². The number of aromatic amines is 1. The Bertz CT molecular complexity index is 635. The van der Waals surface area contributed by atoms with Gasteiger partial charge in [-0.1, -0.05) is 18.2 Å². The molecule has 1 aliphatic rings. The Morgan fingerprint density at radius 1 is 1.32 bits per heavy atom. The highest BCUT2D eigenvalue weighted by atomic mass is 16.3. The quantitative estimate of drug-likeness (QED) is 0.864. The Balaban J connectivity index is 2.07. The van der Waals surface area contributed by atoms with Crippen molar-refractivity contribution in [2.45, 2.75) is 25.3 Å². The number of nitrogens with zero attached hydrogens (tertiary/aromatic N) is 1. The van der Waals surface area contributed by atoms with E-state index in [-0.39, 0.29) is 18.2 Å². The Kier molecular flexibility index (Phi) is 3.25. The van der Waals surface area contributed by atoms with E-state index in [4.69, 9.17) is 0 Å². The summed E-state index contributed by atoms with van der Waals surface area (Å²) in [5.74, 6) is 0.822. The molecule has 2 N–H and O–H groups in total. The number of pyridine rings is 1. The molecule has 2 aromatic rings. The lowest BCUT2D eigenvalue weighted by Gasteiger charge is -2.36. The summed E-state index contributed by atoms with van der Waals surface area (Å²) < 4.78 is 0. The molecular weight excluding hydrogens is 240 g/mol. The zero-order chi connectivity index (χ0) is 13.2. The molecule has 1 aromatic heterocycles. The molecule has 0 amide bonds. The van der Waals surface area contributed by atoms with E-state index in [0.717, 1.165) is 37.0 Å². The van der Waals surface area contributed by atoms with E-state index in [0.29, 0.717) is 5.39 Å². The lowest BCUT2D eigenvalue weighted by molar-refractivity contribution is 0.239. The summed E-state index contributed by atoms with van der Waals surface area (Å²) in [6.07, 6.45) is 3.22. The smallest absolute Gasteiger partial charge is 0.257 e. The van der Waals surface area contributed by atoms with Crippen molar-refractivity contribution in [3.05, 3.63) is 40.7 Å². The zero-order valence-electron chi connectivity index (χ0n) is 10.8. The number of nitrogens with one attached hydrogen (secondary N) is 1. The fraction of sp³-hybridized carbons (Fsp3) is 0.400. The van der Waals surface area contributed by atoms with E-state index in [1.165, 1.54) is 0 Å². The van der Waals surface area contributed by atoms with Crippen molar-refractivity contribution in [2.75, 3.05) is 18.1 Å². The topological polar surface area (TPSA) is 56.3 Å². The van der Waals surface area contributed by atoms with E-state index < -0.39 is 0 Å².